The number of carbonyl (C=O) groups is 2. The minimum Gasteiger partial charge on any atom is -0.481 e. The van der Waals surface area contributed by atoms with E-state index in [9.17, 15) is 9.59 Å². The van der Waals surface area contributed by atoms with Crippen LogP contribution in [0, 0.1) is 0 Å². The molecule has 0 saturated carbocycles. The molecule has 12 heteroatoms. The number of carboxylic acids is 1. The van der Waals surface area contributed by atoms with Crippen LogP contribution in [-0.4, -0.2) is 68.3 Å². The van der Waals surface area contributed by atoms with Crippen LogP contribution >= 0.6 is 0 Å². The minimum absolute atomic E-state index is 0.0303. The Labute approximate surface area is 159 Å². The lowest BCUT2D eigenvalue weighted by Gasteiger charge is -2.18. The summed E-state index contributed by atoms with van der Waals surface area (Å²) >= 11 is 0. The summed E-state index contributed by atoms with van der Waals surface area (Å²) in [5.74, 6) is -0.625. The van der Waals surface area contributed by atoms with Gasteiger partial charge in [0, 0.05) is 13.0 Å². The molecule has 0 aromatic carbocycles. The monoisotopic (exact) mass is 392 g/mol. The highest BCUT2D eigenvalue weighted by Crippen LogP contribution is 2.40. The maximum atomic E-state index is 11.8. The smallest absolute Gasteiger partial charge is 0.320 e. The fourth-order valence-electron chi connectivity index (χ4n) is 3.45. The van der Waals surface area contributed by atoms with Gasteiger partial charge in [0.05, 0.1) is 12.4 Å². The molecule has 0 radical (unpaired) electrons. The van der Waals surface area contributed by atoms with Crippen molar-refractivity contribution in [3.63, 3.8) is 0 Å². The number of aliphatic carboxylic acids is 1. The van der Waals surface area contributed by atoms with E-state index in [2.05, 4.69) is 25.6 Å². The summed E-state index contributed by atoms with van der Waals surface area (Å²) in [5, 5.41) is 14.2. The average molecular weight is 392 g/mol. The summed E-state index contributed by atoms with van der Waals surface area (Å²) in [6.07, 6.45) is 1.36. The second-order valence-corrected chi connectivity index (χ2v) is 6.41. The van der Waals surface area contributed by atoms with Gasteiger partial charge in [0.25, 0.3) is 0 Å². The SMILES string of the molecule is CCNC(=O)Nc1ncnc2c1ncn2C1OC(CCC(=O)O)C2OCOC21. The molecule has 2 saturated heterocycles. The fraction of sp³-hybridized carbons (Fsp3) is 0.562. The molecule has 150 valence electrons. The molecule has 0 spiro atoms. The first-order valence-electron chi connectivity index (χ1n) is 8.91. The summed E-state index contributed by atoms with van der Waals surface area (Å²) in [6, 6.07) is -0.393. The number of aromatic nitrogens is 4. The standard InChI is InChI=1S/C16H20N6O6/c1-2-17-16(25)21-13-10-14(19-5-18-13)22(6-20-10)15-12-11(26-7-27-12)8(28-15)3-4-9(23)24/h5-6,8,11-12,15H,2-4,7H2,1H3,(H,23,24)(H2,17,18,19,21,25). The Balaban J connectivity index is 1.60. The fourth-order valence-corrected chi connectivity index (χ4v) is 3.45. The summed E-state index contributed by atoms with van der Waals surface area (Å²) in [4.78, 5) is 35.4. The van der Waals surface area contributed by atoms with Gasteiger partial charge in [0.2, 0.25) is 0 Å². The number of anilines is 1. The first-order valence-corrected chi connectivity index (χ1v) is 8.91. The van der Waals surface area contributed by atoms with Gasteiger partial charge in [-0.2, -0.15) is 0 Å². The molecule has 0 bridgehead atoms. The molecule has 0 aliphatic carbocycles. The topological polar surface area (TPSA) is 150 Å². The molecule has 4 atom stereocenters. The number of urea groups is 1. The van der Waals surface area contributed by atoms with Crippen molar-refractivity contribution in [3.8, 4) is 0 Å². The number of fused-ring (bicyclic) bond motifs is 2. The second kappa shape index (κ2) is 7.66. The highest BCUT2D eigenvalue weighted by Gasteiger charge is 2.50. The van der Waals surface area contributed by atoms with Gasteiger partial charge < -0.3 is 24.6 Å². The maximum Gasteiger partial charge on any atom is 0.320 e. The molecule has 2 aliphatic rings. The summed E-state index contributed by atoms with van der Waals surface area (Å²) in [6.45, 7) is 2.40. The predicted molar refractivity (Wildman–Crippen MR) is 93.4 cm³/mol. The molecule has 4 rings (SSSR count). The Morgan fingerprint density at radius 3 is 2.89 bits per heavy atom. The molecule has 4 unspecified atom stereocenters. The Morgan fingerprint density at radius 1 is 1.29 bits per heavy atom. The third-order valence-corrected chi connectivity index (χ3v) is 4.65. The zero-order valence-electron chi connectivity index (χ0n) is 15.1. The second-order valence-electron chi connectivity index (χ2n) is 6.41. The number of ether oxygens (including phenoxy) is 3. The van der Waals surface area contributed by atoms with Crippen molar-refractivity contribution in [2.24, 2.45) is 0 Å². The quantitative estimate of drug-likeness (QED) is 0.637. The van der Waals surface area contributed by atoms with E-state index in [1.54, 1.807) is 4.57 Å². The lowest BCUT2D eigenvalue weighted by molar-refractivity contribution is -0.139. The van der Waals surface area contributed by atoms with Crippen molar-refractivity contribution in [2.75, 3.05) is 18.7 Å². The molecule has 2 aromatic heterocycles. The highest BCUT2D eigenvalue weighted by molar-refractivity contribution is 5.95. The molecule has 2 aliphatic heterocycles. The zero-order chi connectivity index (χ0) is 19.7. The minimum atomic E-state index is -0.899. The molecular formula is C16H20N6O6. The maximum absolute atomic E-state index is 11.8. The number of carbonyl (C=O) groups excluding carboxylic acids is 1. The largest absolute Gasteiger partial charge is 0.481 e. The molecule has 28 heavy (non-hydrogen) atoms. The predicted octanol–water partition coefficient (Wildman–Crippen LogP) is 0.471. The first-order chi connectivity index (χ1) is 13.6. The number of nitrogens with one attached hydrogen (secondary N) is 2. The number of nitrogens with zero attached hydrogens (tertiary/aromatic N) is 4. The lowest BCUT2D eigenvalue weighted by Crippen LogP contribution is -2.29. The number of hydrogen-bond acceptors (Lipinski definition) is 8. The highest BCUT2D eigenvalue weighted by atomic mass is 16.7. The van der Waals surface area contributed by atoms with Crippen LogP contribution in [-0.2, 0) is 19.0 Å². The van der Waals surface area contributed by atoms with Crippen molar-refractivity contribution >= 4 is 29.0 Å². The molecule has 2 amide bonds. The third kappa shape index (κ3) is 3.37. The van der Waals surface area contributed by atoms with E-state index in [-0.39, 0.29) is 25.1 Å². The Kier molecular flexibility index (Phi) is 5.07. The van der Waals surface area contributed by atoms with Crippen LogP contribution in [0.25, 0.3) is 11.2 Å². The number of rotatable bonds is 6. The van der Waals surface area contributed by atoms with Crippen molar-refractivity contribution < 1.29 is 28.9 Å². The van der Waals surface area contributed by atoms with Crippen LogP contribution in [0.15, 0.2) is 12.7 Å². The van der Waals surface area contributed by atoms with Gasteiger partial charge in [0.1, 0.15) is 25.3 Å². The van der Waals surface area contributed by atoms with Gasteiger partial charge in [0.15, 0.2) is 23.2 Å². The van der Waals surface area contributed by atoms with E-state index < -0.39 is 30.4 Å². The number of amides is 2. The first kappa shape index (κ1) is 18.5. The number of carboxylic acid groups (broad SMARTS) is 1. The molecule has 4 heterocycles. The Hall–Kier alpha value is -2.83. The number of hydrogen-bond donors (Lipinski definition) is 3. The van der Waals surface area contributed by atoms with Gasteiger partial charge >= 0.3 is 12.0 Å². The molecule has 2 aromatic rings. The van der Waals surface area contributed by atoms with Gasteiger partial charge in [-0.25, -0.2) is 19.7 Å². The van der Waals surface area contributed by atoms with Gasteiger partial charge in [-0.1, -0.05) is 0 Å². The van der Waals surface area contributed by atoms with Crippen LogP contribution in [0.3, 0.4) is 0 Å². The Bertz CT molecular complexity index is 888. The van der Waals surface area contributed by atoms with Gasteiger partial charge in [-0.05, 0) is 13.3 Å². The van der Waals surface area contributed by atoms with Crippen molar-refractivity contribution in [1.29, 1.82) is 0 Å². The normalized spacial score (nSPS) is 26.3. The molecule has 2 fully saturated rings. The van der Waals surface area contributed by atoms with Crippen molar-refractivity contribution in [3.05, 3.63) is 12.7 Å². The molecule has 3 N–H and O–H groups in total. The van der Waals surface area contributed by atoms with E-state index in [0.29, 0.717) is 24.1 Å². The molecule has 12 nitrogen and oxygen atoms in total. The van der Waals surface area contributed by atoms with Crippen LogP contribution in [0.4, 0.5) is 10.6 Å². The average Bonchev–Trinajstić information content (AvgIpc) is 3.35. The van der Waals surface area contributed by atoms with Crippen LogP contribution < -0.4 is 10.6 Å². The zero-order valence-corrected chi connectivity index (χ0v) is 15.1. The lowest BCUT2D eigenvalue weighted by atomic mass is 10.1. The van der Waals surface area contributed by atoms with Crippen LogP contribution in [0.2, 0.25) is 0 Å². The third-order valence-electron chi connectivity index (χ3n) is 4.65. The van der Waals surface area contributed by atoms with Gasteiger partial charge in [-0.3, -0.25) is 14.7 Å². The van der Waals surface area contributed by atoms with E-state index >= 15 is 0 Å². The Morgan fingerprint density at radius 2 is 2.11 bits per heavy atom. The van der Waals surface area contributed by atoms with Crippen molar-refractivity contribution in [1.82, 2.24) is 24.8 Å². The van der Waals surface area contributed by atoms with E-state index in [1.165, 1.54) is 12.7 Å². The van der Waals surface area contributed by atoms with Crippen LogP contribution in [0.1, 0.15) is 26.0 Å². The van der Waals surface area contributed by atoms with E-state index in [4.69, 9.17) is 19.3 Å². The summed E-state index contributed by atoms with van der Waals surface area (Å²) in [7, 11) is 0. The number of imidazole rings is 1. The van der Waals surface area contributed by atoms with E-state index in [0.717, 1.165) is 0 Å². The van der Waals surface area contributed by atoms with Gasteiger partial charge in [-0.15, -0.1) is 0 Å². The van der Waals surface area contributed by atoms with Crippen LogP contribution in [0.5, 0.6) is 0 Å². The van der Waals surface area contributed by atoms with Crippen molar-refractivity contribution in [2.45, 2.75) is 44.3 Å². The summed E-state index contributed by atoms with van der Waals surface area (Å²) in [5.41, 5.74) is 0.863. The van der Waals surface area contributed by atoms with E-state index in [1.807, 2.05) is 6.92 Å². The molecular weight excluding hydrogens is 372 g/mol. The summed E-state index contributed by atoms with van der Waals surface area (Å²) < 4.78 is 19.0.